The lowest BCUT2D eigenvalue weighted by Gasteiger charge is -2.23. The van der Waals surface area contributed by atoms with Crippen molar-refractivity contribution in [3.8, 4) is 0 Å². The lowest BCUT2D eigenvalue weighted by atomic mass is 10.0. The molecule has 0 aliphatic carbocycles. The molecule has 1 saturated heterocycles. The number of nitrogens with one attached hydrogen (secondary N) is 2. The molecule has 0 aromatic heterocycles. The van der Waals surface area contributed by atoms with E-state index in [1.165, 1.54) is 11.0 Å². The quantitative estimate of drug-likeness (QED) is 0.846. The van der Waals surface area contributed by atoms with E-state index in [0.29, 0.717) is 23.4 Å². The molecular weight excluding hydrogens is 333 g/mol. The van der Waals surface area contributed by atoms with Crippen LogP contribution in [0, 0.1) is 0 Å². The van der Waals surface area contributed by atoms with Gasteiger partial charge in [0, 0.05) is 23.2 Å². The molecule has 0 bridgehead atoms. The van der Waals surface area contributed by atoms with E-state index in [-0.39, 0.29) is 31.2 Å². The number of hydrogen-bond donors (Lipinski definition) is 2. The van der Waals surface area contributed by atoms with Crippen LogP contribution < -0.4 is 15.5 Å². The maximum absolute atomic E-state index is 13.4. The van der Waals surface area contributed by atoms with Gasteiger partial charge in [0.15, 0.2) is 0 Å². The molecule has 0 radical (unpaired) electrons. The maximum Gasteiger partial charge on any atom is 0.414 e. The normalized spacial score (nSPS) is 19.0. The first-order valence-electron chi connectivity index (χ1n) is 7.92. The number of rotatable bonds is 5. The number of fused-ring (bicyclic) bond motifs is 1. The molecule has 134 valence electrons. The minimum Gasteiger partial charge on any atom is -0.444 e. The summed E-state index contributed by atoms with van der Waals surface area (Å²) in [7, 11) is 0. The Bertz CT molecular complexity index is 707. The summed E-state index contributed by atoms with van der Waals surface area (Å²) in [5.41, 5.74) is 1.68. The third-order valence-electron chi connectivity index (χ3n) is 4.05. The van der Waals surface area contributed by atoms with E-state index in [0.717, 1.165) is 0 Å². The molecule has 1 atom stereocenters. The maximum atomic E-state index is 13.4. The number of carbonyl (C=O) groups is 3. The Labute approximate surface area is 143 Å². The van der Waals surface area contributed by atoms with Crippen molar-refractivity contribution in [3.05, 3.63) is 23.3 Å². The Balaban J connectivity index is 1.78. The SMILES string of the molecule is CCC(=O)NCC1CN(c2cc(CF)c3c(c2)COC(=O)N3)C(=O)O1. The number of cyclic esters (lactones) is 2. The summed E-state index contributed by atoms with van der Waals surface area (Å²) in [6, 6.07) is 3.15. The molecule has 1 fully saturated rings. The van der Waals surface area contributed by atoms with Crippen molar-refractivity contribution in [2.45, 2.75) is 32.7 Å². The van der Waals surface area contributed by atoms with Gasteiger partial charge in [-0.15, -0.1) is 0 Å². The van der Waals surface area contributed by atoms with Crippen molar-refractivity contribution in [3.63, 3.8) is 0 Å². The van der Waals surface area contributed by atoms with Crippen molar-refractivity contribution in [2.24, 2.45) is 0 Å². The highest BCUT2D eigenvalue weighted by molar-refractivity contribution is 5.93. The van der Waals surface area contributed by atoms with Gasteiger partial charge in [-0.2, -0.15) is 0 Å². The van der Waals surface area contributed by atoms with Gasteiger partial charge in [-0.25, -0.2) is 14.0 Å². The molecule has 25 heavy (non-hydrogen) atoms. The summed E-state index contributed by atoms with van der Waals surface area (Å²) >= 11 is 0. The van der Waals surface area contributed by atoms with Gasteiger partial charge in [0.25, 0.3) is 0 Å². The molecule has 0 saturated carbocycles. The van der Waals surface area contributed by atoms with E-state index in [1.54, 1.807) is 13.0 Å². The van der Waals surface area contributed by atoms with E-state index >= 15 is 0 Å². The average Bonchev–Trinajstić information content (AvgIpc) is 2.99. The van der Waals surface area contributed by atoms with E-state index in [1.807, 2.05) is 0 Å². The largest absolute Gasteiger partial charge is 0.444 e. The van der Waals surface area contributed by atoms with Crippen LogP contribution in [0.1, 0.15) is 24.5 Å². The fraction of sp³-hybridized carbons (Fsp3) is 0.438. The van der Waals surface area contributed by atoms with E-state index in [4.69, 9.17) is 9.47 Å². The molecule has 0 spiro atoms. The number of amides is 3. The second-order valence-electron chi connectivity index (χ2n) is 5.75. The smallest absolute Gasteiger partial charge is 0.414 e. The predicted molar refractivity (Wildman–Crippen MR) is 86.0 cm³/mol. The summed E-state index contributed by atoms with van der Waals surface area (Å²) in [6.45, 7) is 1.39. The third-order valence-corrected chi connectivity index (χ3v) is 4.05. The third kappa shape index (κ3) is 3.49. The summed E-state index contributed by atoms with van der Waals surface area (Å²) in [4.78, 5) is 36.1. The van der Waals surface area contributed by atoms with Crippen molar-refractivity contribution < 1.29 is 28.2 Å². The number of ether oxygens (including phenoxy) is 2. The van der Waals surface area contributed by atoms with E-state index in [9.17, 15) is 18.8 Å². The predicted octanol–water partition coefficient (Wildman–Crippen LogP) is 2.07. The first-order valence-corrected chi connectivity index (χ1v) is 7.92. The highest BCUT2D eigenvalue weighted by Crippen LogP contribution is 2.33. The minimum atomic E-state index is -0.796. The van der Waals surface area contributed by atoms with Crippen LogP contribution in [0.2, 0.25) is 0 Å². The van der Waals surface area contributed by atoms with Crippen LogP contribution in [0.5, 0.6) is 0 Å². The highest BCUT2D eigenvalue weighted by atomic mass is 19.1. The second kappa shape index (κ2) is 6.96. The van der Waals surface area contributed by atoms with Crippen LogP contribution in [0.3, 0.4) is 0 Å². The first-order chi connectivity index (χ1) is 12.0. The number of benzene rings is 1. The van der Waals surface area contributed by atoms with Crippen LogP contribution in [-0.2, 0) is 27.5 Å². The van der Waals surface area contributed by atoms with Crippen LogP contribution >= 0.6 is 0 Å². The number of anilines is 2. The average molecular weight is 351 g/mol. The molecule has 2 heterocycles. The van der Waals surface area contributed by atoms with Crippen molar-refractivity contribution in [1.29, 1.82) is 0 Å². The zero-order valence-electron chi connectivity index (χ0n) is 13.6. The van der Waals surface area contributed by atoms with Gasteiger partial charge >= 0.3 is 12.2 Å². The Morgan fingerprint density at radius 1 is 1.44 bits per heavy atom. The Morgan fingerprint density at radius 2 is 2.24 bits per heavy atom. The van der Waals surface area contributed by atoms with Gasteiger partial charge in [0.05, 0.1) is 18.8 Å². The molecule has 3 rings (SSSR count). The lowest BCUT2D eigenvalue weighted by molar-refractivity contribution is -0.121. The number of hydrogen-bond acceptors (Lipinski definition) is 5. The second-order valence-corrected chi connectivity index (χ2v) is 5.75. The number of halogens is 1. The number of carbonyl (C=O) groups excluding carboxylic acids is 3. The van der Waals surface area contributed by atoms with Crippen molar-refractivity contribution in [2.75, 3.05) is 23.3 Å². The summed E-state index contributed by atoms with van der Waals surface area (Å²) in [5.74, 6) is -0.129. The van der Waals surface area contributed by atoms with E-state index in [2.05, 4.69) is 10.6 Å². The number of nitrogens with zero attached hydrogens (tertiary/aromatic N) is 1. The number of alkyl halides is 1. The molecule has 8 nitrogen and oxygen atoms in total. The molecule has 2 N–H and O–H groups in total. The van der Waals surface area contributed by atoms with Gasteiger partial charge in [-0.05, 0) is 12.1 Å². The minimum absolute atomic E-state index is 0.000873. The molecular formula is C16H18FN3O5. The molecule has 1 aromatic rings. The topological polar surface area (TPSA) is 97.0 Å². The van der Waals surface area contributed by atoms with Crippen LogP contribution in [0.25, 0.3) is 0 Å². The zero-order valence-corrected chi connectivity index (χ0v) is 13.6. The molecule has 1 aromatic carbocycles. The molecule has 2 aliphatic heterocycles. The lowest BCUT2D eigenvalue weighted by Crippen LogP contribution is -2.34. The first kappa shape index (κ1) is 17.0. The van der Waals surface area contributed by atoms with Gasteiger partial charge < -0.3 is 14.8 Å². The van der Waals surface area contributed by atoms with E-state index < -0.39 is 25.0 Å². The monoisotopic (exact) mass is 351 g/mol. The summed E-state index contributed by atoms with van der Waals surface area (Å²) in [5, 5.41) is 5.15. The standard InChI is InChI=1S/C16H18FN3O5/c1-2-13(21)18-6-12-7-20(16(23)25-12)11-3-9(5-17)14-10(4-11)8-24-15(22)19-14/h3-4,12H,2,5-8H2,1H3,(H,18,21)(H,19,22). The summed E-state index contributed by atoms with van der Waals surface area (Å²) < 4.78 is 23.5. The van der Waals surface area contributed by atoms with Gasteiger partial charge in [0.2, 0.25) is 5.91 Å². The van der Waals surface area contributed by atoms with Crippen molar-refractivity contribution >= 4 is 29.5 Å². The fourth-order valence-corrected chi connectivity index (χ4v) is 2.76. The summed E-state index contributed by atoms with van der Waals surface area (Å²) in [6.07, 6.45) is -1.34. The van der Waals surface area contributed by atoms with Gasteiger partial charge in [-0.3, -0.25) is 15.0 Å². The fourth-order valence-electron chi connectivity index (χ4n) is 2.76. The highest BCUT2D eigenvalue weighted by Gasteiger charge is 2.33. The van der Waals surface area contributed by atoms with Crippen LogP contribution in [0.4, 0.5) is 25.4 Å². The van der Waals surface area contributed by atoms with Crippen LogP contribution in [-0.4, -0.2) is 37.3 Å². The Morgan fingerprint density at radius 3 is 2.96 bits per heavy atom. The van der Waals surface area contributed by atoms with Crippen LogP contribution in [0.15, 0.2) is 12.1 Å². The Kier molecular flexibility index (Phi) is 4.73. The molecule has 1 unspecified atom stereocenters. The Hall–Kier alpha value is -2.84. The van der Waals surface area contributed by atoms with Gasteiger partial charge in [0.1, 0.15) is 19.4 Å². The molecule has 3 amide bonds. The van der Waals surface area contributed by atoms with Gasteiger partial charge in [-0.1, -0.05) is 6.92 Å². The zero-order chi connectivity index (χ0) is 18.0. The molecule has 2 aliphatic rings. The molecule has 9 heteroatoms. The van der Waals surface area contributed by atoms with Crippen molar-refractivity contribution in [1.82, 2.24) is 5.32 Å².